The summed E-state index contributed by atoms with van der Waals surface area (Å²) in [5.41, 5.74) is -0.143. The fourth-order valence-corrected chi connectivity index (χ4v) is 1.96. The van der Waals surface area contributed by atoms with Gasteiger partial charge in [0.2, 0.25) is 0 Å². The number of H-pyrrole nitrogens is 1. The highest BCUT2D eigenvalue weighted by Crippen LogP contribution is 2.12. The molecule has 1 atom stereocenters. The third-order valence-corrected chi connectivity index (χ3v) is 2.82. The van der Waals surface area contributed by atoms with Crippen molar-refractivity contribution in [3.8, 4) is 0 Å². The average Bonchev–Trinajstić information content (AvgIpc) is 2.37. The maximum Gasteiger partial charge on any atom is 0.290 e. The summed E-state index contributed by atoms with van der Waals surface area (Å²) >= 11 is 0. The number of aromatic amines is 1. The Balaban J connectivity index is 2.16. The van der Waals surface area contributed by atoms with Crippen LogP contribution in [0.15, 0.2) is 17.2 Å². The third kappa shape index (κ3) is 2.83. The molecule has 1 saturated heterocycles. The van der Waals surface area contributed by atoms with Crippen LogP contribution in [0.2, 0.25) is 0 Å². The molecule has 1 unspecified atom stereocenters. The van der Waals surface area contributed by atoms with E-state index in [9.17, 15) is 4.79 Å². The Hall–Kier alpha value is -1.40. The lowest BCUT2D eigenvalue weighted by molar-refractivity contribution is 0.0933. The lowest BCUT2D eigenvalue weighted by atomic mass is 10.2. The van der Waals surface area contributed by atoms with Crippen molar-refractivity contribution < 1.29 is 4.74 Å². The number of nitrogens with zero attached hydrogens (tertiary/aromatic N) is 2. The van der Waals surface area contributed by atoms with Crippen molar-refractivity contribution in [2.24, 2.45) is 0 Å². The van der Waals surface area contributed by atoms with Gasteiger partial charge in [-0.1, -0.05) is 6.92 Å². The summed E-state index contributed by atoms with van der Waals surface area (Å²) in [6, 6.07) is 0.166. The van der Waals surface area contributed by atoms with Crippen LogP contribution >= 0.6 is 0 Å². The van der Waals surface area contributed by atoms with Crippen molar-refractivity contribution in [2.75, 3.05) is 37.7 Å². The van der Waals surface area contributed by atoms with E-state index in [1.807, 2.05) is 4.90 Å². The van der Waals surface area contributed by atoms with Gasteiger partial charge < -0.3 is 19.9 Å². The molecule has 0 bridgehead atoms. The number of likely N-dealkylation sites (N-methyl/N-ethyl adjacent to an activating group) is 1. The van der Waals surface area contributed by atoms with Gasteiger partial charge in [-0.2, -0.15) is 0 Å². The smallest absolute Gasteiger partial charge is 0.290 e. The van der Waals surface area contributed by atoms with Crippen molar-refractivity contribution in [3.63, 3.8) is 0 Å². The van der Waals surface area contributed by atoms with Gasteiger partial charge in [0.25, 0.3) is 5.56 Å². The third-order valence-electron chi connectivity index (χ3n) is 2.82. The Morgan fingerprint density at radius 3 is 3.35 bits per heavy atom. The van der Waals surface area contributed by atoms with Crippen LogP contribution in [0.5, 0.6) is 0 Å². The van der Waals surface area contributed by atoms with Crippen LogP contribution in [0, 0.1) is 0 Å². The molecule has 0 spiro atoms. The second-order valence-electron chi connectivity index (χ2n) is 3.97. The molecule has 1 aromatic rings. The van der Waals surface area contributed by atoms with Crippen LogP contribution in [0.3, 0.4) is 0 Å². The number of morpholine rings is 1. The molecule has 0 aliphatic carbocycles. The molecule has 0 aromatic carbocycles. The maximum absolute atomic E-state index is 11.7. The number of hydrogen-bond acceptors (Lipinski definition) is 5. The van der Waals surface area contributed by atoms with Crippen molar-refractivity contribution >= 4 is 5.82 Å². The minimum absolute atomic E-state index is 0.143. The molecular weight excluding hydrogens is 220 g/mol. The summed E-state index contributed by atoms with van der Waals surface area (Å²) in [7, 11) is 0. The minimum Gasteiger partial charge on any atom is -0.377 e. The van der Waals surface area contributed by atoms with Gasteiger partial charge in [-0.15, -0.1) is 0 Å². The average molecular weight is 238 g/mol. The van der Waals surface area contributed by atoms with Gasteiger partial charge in [0.05, 0.1) is 19.3 Å². The summed E-state index contributed by atoms with van der Waals surface area (Å²) in [5, 5.41) is 3.28. The number of ether oxygens (including phenoxy) is 1. The molecule has 2 N–H and O–H groups in total. The number of aromatic nitrogens is 2. The van der Waals surface area contributed by atoms with Crippen molar-refractivity contribution in [1.29, 1.82) is 0 Å². The van der Waals surface area contributed by atoms with Crippen molar-refractivity contribution in [2.45, 2.75) is 13.0 Å². The SMILES string of the molecule is CCNCC1COCCN1c1ncc[nH]c1=O. The molecule has 2 heterocycles. The van der Waals surface area contributed by atoms with Crippen molar-refractivity contribution in [1.82, 2.24) is 15.3 Å². The predicted octanol–water partition coefficient (Wildman–Crippen LogP) is -0.415. The first-order chi connectivity index (χ1) is 8.33. The topological polar surface area (TPSA) is 70.2 Å². The van der Waals surface area contributed by atoms with Gasteiger partial charge in [-0.3, -0.25) is 4.79 Å². The van der Waals surface area contributed by atoms with Gasteiger partial charge in [0.1, 0.15) is 0 Å². The van der Waals surface area contributed by atoms with Crippen LogP contribution < -0.4 is 15.8 Å². The van der Waals surface area contributed by atoms with Crippen LogP contribution in [-0.2, 0) is 4.74 Å². The van der Waals surface area contributed by atoms with Crippen LogP contribution in [0.1, 0.15) is 6.92 Å². The Bertz CT molecular complexity index is 406. The highest BCUT2D eigenvalue weighted by molar-refractivity contribution is 5.37. The molecule has 6 nitrogen and oxygen atoms in total. The second kappa shape index (κ2) is 5.79. The molecule has 0 amide bonds. The molecule has 94 valence electrons. The first-order valence-electron chi connectivity index (χ1n) is 5.91. The molecule has 1 aliphatic heterocycles. The number of anilines is 1. The fourth-order valence-electron chi connectivity index (χ4n) is 1.96. The zero-order valence-electron chi connectivity index (χ0n) is 9.98. The zero-order valence-corrected chi connectivity index (χ0v) is 9.98. The normalized spacial score (nSPS) is 20.5. The van der Waals surface area contributed by atoms with E-state index < -0.39 is 0 Å². The minimum atomic E-state index is -0.143. The van der Waals surface area contributed by atoms with Gasteiger partial charge in [-0.25, -0.2) is 4.98 Å². The molecular formula is C11H18N4O2. The van der Waals surface area contributed by atoms with Crippen molar-refractivity contribution in [3.05, 3.63) is 22.7 Å². The van der Waals surface area contributed by atoms with Crippen LogP contribution in [0.4, 0.5) is 5.82 Å². The van der Waals surface area contributed by atoms with E-state index in [4.69, 9.17) is 4.74 Å². The van der Waals surface area contributed by atoms with Gasteiger partial charge >= 0.3 is 0 Å². The van der Waals surface area contributed by atoms with E-state index in [1.165, 1.54) is 0 Å². The zero-order chi connectivity index (χ0) is 12.1. The first kappa shape index (κ1) is 12.1. The van der Waals surface area contributed by atoms with E-state index in [2.05, 4.69) is 22.2 Å². The number of rotatable bonds is 4. The molecule has 6 heteroatoms. The lowest BCUT2D eigenvalue weighted by Crippen LogP contribution is -2.52. The number of nitrogens with one attached hydrogen (secondary N) is 2. The van der Waals surface area contributed by atoms with Gasteiger partial charge in [-0.05, 0) is 6.54 Å². The second-order valence-corrected chi connectivity index (χ2v) is 3.97. The Labute approximate surface area is 100 Å². The van der Waals surface area contributed by atoms with E-state index in [1.54, 1.807) is 12.4 Å². The monoisotopic (exact) mass is 238 g/mol. The Morgan fingerprint density at radius 2 is 2.59 bits per heavy atom. The van der Waals surface area contributed by atoms with Crippen LogP contribution in [0.25, 0.3) is 0 Å². The fraction of sp³-hybridized carbons (Fsp3) is 0.636. The van der Waals surface area contributed by atoms with Crippen LogP contribution in [-0.4, -0.2) is 48.9 Å². The summed E-state index contributed by atoms with van der Waals surface area (Å²) in [5.74, 6) is 0.485. The van der Waals surface area contributed by atoms with E-state index in [0.717, 1.165) is 13.1 Å². The van der Waals surface area contributed by atoms with E-state index in [-0.39, 0.29) is 11.6 Å². The standard InChI is InChI=1S/C11H18N4O2/c1-2-12-7-9-8-17-6-5-15(9)10-11(16)14-4-3-13-10/h3-4,9,12H,2,5-8H2,1H3,(H,14,16). The molecule has 1 aliphatic rings. The summed E-state index contributed by atoms with van der Waals surface area (Å²) < 4.78 is 5.45. The summed E-state index contributed by atoms with van der Waals surface area (Å²) in [6.07, 6.45) is 3.15. The van der Waals surface area contributed by atoms with E-state index >= 15 is 0 Å². The summed E-state index contributed by atoms with van der Waals surface area (Å²) in [6.45, 7) is 5.73. The molecule has 1 fully saturated rings. The Morgan fingerprint density at radius 1 is 1.71 bits per heavy atom. The first-order valence-corrected chi connectivity index (χ1v) is 5.91. The van der Waals surface area contributed by atoms with Gasteiger partial charge in [0, 0.05) is 25.5 Å². The van der Waals surface area contributed by atoms with E-state index in [0.29, 0.717) is 25.6 Å². The lowest BCUT2D eigenvalue weighted by Gasteiger charge is -2.35. The van der Waals surface area contributed by atoms with Gasteiger partial charge in [0.15, 0.2) is 5.82 Å². The molecule has 17 heavy (non-hydrogen) atoms. The predicted molar refractivity (Wildman–Crippen MR) is 65.4 cm³/mol. The molecule has 1 aromatic heterocycles. The molecule has 0 saturated carbocycles. The highest BCUT2D eigenvalue weighted by atomic mass is 16.5. The maximum atomic E-state index is 11.7. The highest BCUT2D eigenvalue weighted by Gasteiger charge is 2.25. The number of hydrogen-bond donors (Lipinski definition) is 2. The largest absolute Gasteiger partial charge is 0.377 e. The Kier molecular flexibility index (Phi) is 4.11. The summed E-state index contributed by atoms with van der Waals surface area (Å²) in [4.78, 5) is 20.5. The molecule has 2 rings (SSSR count). The quantitative estimate of drug-likeness (QED) is 0.746. The molecule has 0 radical (unpaired) electrons.